The van der Waals surface area contributed by atoms with Gasteiger partial charge in [-0.1, -0.05) is 6.42 Å². The number of fused-ring (bicyclic) bond motifs is 1. The molecule has 0 bridgehead atoms. The van der Waals surface area contributed by atoms with Crippen LogP contribution in [0.4, 0.5) is 5.69 Å². The molecule has 0 aromatic heterocycles. The molecule has 1 N–H and O–H groups in total. The minimum Gasteiger partial charge on any atom is -0.324 e. The standard InChI is InChI=1S/C15H20N2O3S2/c1-10-5-3-4-8-17(10)22(19,20)12-6-7-14-13(9-12)16-15(18)11(2)21-14/h6-7,9-11H,3-5,8H2,1-2H3,(H,16,18)/t10-,11-/m0/s1. The molecule has 0 radical (unpaired) electrons. The SMILES string of the molecule is C[C@@H]1Sc2ccc(S(=O)(=O)N3CCCC[C@@H]3C)cc2NC1=O. The first-order valence-corrected chi connectivity index (χ1v) is 9.85. The predicted octanol–water partition coefficient (Wildman–Crippen LogP) is 2.68. The topological polar surface area (TPSA) is 66.5 Å². The number of piperidine rings is 1. The van der Waals surface area contributed by atoms with Gasteiger partial charge in [0.25, 0.3) is 0 Å². The van der Waals surface area contributed by atoms with E-state index in [1.54, 1.807) is 22.5 Å². The summed E-state index contributed by atoms with van der Waals surface area (Å²) in [5, 5.41) is 2.64. The van der Waals surface area contributed by atoms with Crippen LogP contribution in [0.3, 0.4) is 0 Å². The molecular formula is C15H20N2O3S2. The molecule has 2 atom stereocenters. The van der Waals surface area contributed by atoms with Crippen LogP contribution in [0.25, 0.3) is 0 Å². The molecule has 5 nitrogen and oxygen atoms in total. The summed E-state index contributed by atoms with van der Waals surface area (Å²) in [7, 11) is -3.50. The molecule has 22 heavy (non-hydrogen) atoms. The number of thioether (sulfide) groups is 1. The monoisotopic (exact) mass is 340 g/mol. The van der Waals surface area contributed by atoms with E-state index in [4.69, 9.17) is 0 Å². The average Bonchev–Trinajstić information content (AvgIpc) is 2.48. The fourth-order valence-electron chi connectivity index (χ4n) is 2.91. The molecule has 0 unspecified atom stereocenters. The summed E-state index contributed by atoms with van der Waals surface area (Å²) in [6.45, 7) is 4.36. The predicted molar refractivity (Wildman–Crippen MR) is 87.6 cm³/mol. The number of rotatable bonds is 2. The van der Waals surface area contributed by atoms with Crippen LogP contribution in [0.15, 0.2) is 28.0 Å². The van der Waals surface area contributed by atoms with Crippen LogP contribution in [0.5, 0.6) is 0 Å². The van der Waals surface area contributed by atoms with E-state index in [0.29, 0.717) is 12.2 Å². The van der Waals surface area contributed by atoms with E-state index in [0.717, 1.165) is 24.2 Å². The van der Waals surface area contributed by atoms with Crippen molar-refractivity contribution in [3.05, 3.63) is 18.2 Å². The van der Waals surface area contributed by atoms with E-state index in [1.165, 1.54) is 11.8 Å². The summed E-state index contributed by atoms with van der Waals surface area (Å²) in [5.74, 6) is -0.0848. The van der Waals surface area contributed by atoms with Crippen LogP contribution < -0.4 is 5.32 Å². The van der Waals surface area contributed by atoms with Crippen molar-refractivity contribution in [3.8, 4) is 0 Å². The van der Waals surface area contributed by atoms with Crippen LogP contribution in [0.2, 0.25) is 0 Å². The zero-order valence-corrected chi connectivity index (χ0v) is 14.3. The van der Waals surface area contributed by atoms with Crippen molar-refractivity contribution in [3.63, 3.8) is 0 Å². The Kier molecular flexibility index (Phi) is 4.22. The number of sulfonamides is 1. The highest BCUT2D eigenvalue weighted by molar-refractivity contribution is 8.01. The van der Waals surface area contributed by atoms with Gasteiger partial charge in [0, 0.05) is 17.5 Å². The Labute approximate surface area is 135 Å². The molecular weight excluding hydrogens is 320 g/mol. The number of nitrogens with zero attached hydrogens (tertiary/aromatic N) is 1. The number of hydrogen-bond donors (Lipinski definition) is 1. The van der Waals surface area contributed by atoms with Crippen molar-refractivity contribution in [2.24, 2.45) is 0 Å². The summed E-state index contributed by atoms with van der Waals surface area (Å²) in [6.07, 6.45) is 2.87. The smallest absolute Gasteiger partial charge is 0.243 e. The van der Waals surface area contributed by atoms with Gasteiger partial charge in [0.2, 0.25) is 15.9 Å². The fourth-order valence-corrected chi connectivity index (χ4v) is 5.57. The Morgan fingerprint density at radius 1 is 1.27 bits per heavy atom. The van der Waals surface area contributed by atoms with Crippen LogP contribution in [-0.4, -0.2) is 36.5 Å². The lowest BCUT2D eigenvalue weighted by Gasteiger charge is -2.32. The van der Waals surface area contributed by atoms with E-state index >= 15 is 0 Å². The van der Waals surface area contributed by atoms with Crippen molar-refractivity contribution in [1.29, 1.82) is 0 Å². The number of carbonyl (C=O) groups is 1. The second kappa shape index (κ2) is 5.86. The average molecular weight is 340 g/mol. The van der Waals surface area contributed by atoms with Gasteiger partial charge in [-0.2, -0.15) is 4.31 Å². The van der Waals surface area contributed by atoms with Gasteiger partial charge < -0.3 is 5.32 Å². The maximum Gasteiger partial charge on any atom is 0.243 e. The zero-order chi connectivity index (χ0) is 15.9. The third kappa shape index (κ3) is 2.77. The van der Waals surface area contributed by atoms with Crippen molar-refractivity contribution in [2.75, 3.05) is 11.9 Å². The lowest BCUT2D eigenvalue weighted by atomic mass is 10.1. The molecule has 1 amide bonds. The molecule has 1 fully saturated rings. The third-order valence-corrected chi connectivity index (χ3v) is 7.42. The first-order chi connectivity index (χ1) is 10.4. The Morgan fingerprint density at radius 3 is 2.77 bits per heavy atom. The van der Waals surface area contributed by atoms with Crippen molar-refractivity contribution in [1.82, 2.24) is 4.31 Å². The molecule has 1 aromatic carbocycles. The van der Waals surface area contributed by atoms with Crippen LogP contribution in [0.1, 0.15) is 33.1 Å². The molecule has 2 aliphatic rings. The van der Waals surface area contributed by atoms with Gasteiger partial charge in [0.05, 0.1) is 15.8 Å². The third-order valence-electron chi connectivity index (χ3n) is 4.23. The lowest BCUT2D eigenvalue weighted by molar-refractivity contribution is -0.115. The Bertz CT molecular complexity index is 703. The molecule has 2 heterocycles. The minimum absolute atomic E-state index is 0.0266. The normalized spacial score (nSPS) is 26.4. The maximum absolute atomic E-state index is 12.8. The van der Waals surface area contributed by atoms with Crippen LogP contribution in [0, 0.1) is 0 Å². The Morgan fingerprint density at radius 2 is 2.05 bits per heavy atom. The quantitative estimate of drug-likeness (QED) is 0.899. The maximum atomic E-state index is 12.8. The van der Waals surface area contributed by atoms with Gasteiger partial charge in [0.15, 0.2) is 0 Å². The highest BCUT2D eigenvalue weighted by Crippen LogP contribution is 2.37. The summed E-state index contributed by atoms with van der Waals surface area (Å²) in [4.78, 5) is 13.0. The number of anilines is 1. The Hall–Kier alpha value is -1.05. The van der Waals surface area contributed by atoms with Crippen molar-refractivity contribution in [2.45, 2.75) is 54.2 Å². The van der Waals surface area contributed by atoms with E-state index in [2.05, 4.69) is 5.32 Å². The van der Waals surface area contributed by atoms with Crippen molar-refractivity contribution < 1.29 is 13.2 Å². The first kappa shape index (κ1) is 15.8. The molecule has 2 aliphatic heterocycles. The number of nitrogens with one attached hydrogen (secondary N) is 1. The number of hydrogen-bond acceptors (Lipinski definition) is 4. The van der Waals surface area contributed by atoms with Gasteiger partial charge >= 0.3 is 0 Å². The van der Waals surface area contributed by atoms with Crippen LogP contribution in [-0.2, 0) is 14.8 Å². The van der Waals surface area contributed by atoms with E-state index in [-0.39, 0.29) is 22.1 Å². The molecule has 0 spiro atoms. The van der Waals surface area contributed by atoms with E-state index in [1.807, 2.05) is 13.8 Å². The zero-order valence-electron chi connectivity index (χ0n) is 12.7. The van der Waals surface area contributed by atoms with Gasteiger partial charge in [0.1, 0.15) is 0 Å². The van der Waals surface area contributed by atoms with Gasteiger partial charge in [-0.15, -0.1) is 11.8 Å². The second-order valence-electron chi connectivity index (χ2n) is 5.87. The number of amides is 1. The molecule has 0 saturated carbocycles. The summed E-state index contributed by atoms with van der Waals surface area (Å²) in [6, 6.07) is 5.05. The second-order valence-corrected chi connectivity index (χ2v) is 9.14. The largest absolute Gasteiger partial charge is 0.324 e. The highest BCUT2D eigenvalue weighted by Gasteiger charge is 2.32. The lowest BCUT2D eigenvalue weighted by Crippen LogP contribution is -2.42. The Balaban J connectivity index is 1.95. The van der Waals surface area contributed by atoms with Crippen LogP contribution >= 0.6 is 11.8 Å². The van der Waals surface area contributed by atoms with Gasteiger partial charge in [-0.05, 0) is 44.9 Å². The first-order valence-electron chi connectivity index (χ1n) is 7.53. The molecule has 3 rings (SSSR count). The highest BCUT2D eigenvalue weighted by atomic mass is 32.2. The van der Waals surface area contributed by atoms with Crippen molar-refractivity contribution >= 4 is 33.4 Å². The molecule has 120 valence electrons. The number of carbonyl (C=O) groups excluding carboxylic acids is 1. The number of benzene rings is 1. The van der Waals surface area contributed by atoms with Gasteiger partial charge in [-0.25, -0.2) is 8.42 Å². The molecule has 1 saturated heterocycles. The van der Waals surface area contributed by atoms with Gasteiger partial charge in [-0.3, -0.25) is 4.79 Å². The van der Waals surface area contributed by atoms with E-state index < -0.39 is 10.0 Å². The molecule has 7 heteroatoms. The molecule has 0 aliphatic carbocycles. The van der Waals surface area contributed by atoms with E-state index in [9.17, 15) is 13.2 Å². The molecule has 1 aromatic rings. The summed E-state index contributed by atoms with van der Waals surface area (Å²) < 4.78 is 27.3. The summed E-state index contributed by atoms with van der Waals surface area (Å²) in [5.41, 5.74) is 0.596. The summed E-state index contributed by atoms with van der Waals surface area (Å²) >= 11 is 1.45. The fraction of sp³-hybridized carbons (Fsp3) is 0.533. The minimum atomic E-state index is -3.50.